The van der Waals surface area contributed by atoms with Crippen molar-refractivity contribution >= 4 is 79.4 Å². The zero-order chi connectivity index (χ0) is 72.6. The Bertz CT molecular complexity index is 3760. The van der Waals surface area contributed by atoms with Crippen LogP contribution in [0.3, 0.4) is 0 Å². The molecule has 0 aliphatic rings. The molecule has 0 radical (unpaired) electrons. The van der Waals surface area contributed by atoms with Crippen LogP contribution in [0.5, 0.6) is 34.5 Å². The number of carboxylic acids is 6. The van der Waals surface area contributed by atoms with Gasteiger partial charge >= 0.3 is 75.5 Å². The quantitative estimate of drug-likeness (QED) is 0.0630. The van der Waals surface area contributed by atoms with E-state index in [9.17, 15) is 59.4 Å². The van der Waals surface area contributed by atoms with Gasteiger partial charge in [-0.15, -0.1) is 0 Å². The van der Waals surface area contributed by atoms with Gasteiger partial charge in [0, 0.05) is 46.3 Å². The minimum absolute atomic E-state index is 0. The van der Waals surface area contributed by atoms with E-state index in [0.717, 1.165) is 43.6 Å². The second-order valence-electron chi connectivity index (χ2n) is 20.8. The first-order chi connectivity index (χ1) is 48.1. The molecule has 0 aliphatic carbocycles. The van der Waals surface area contributed by atoms with Crippen molar-refractivity contribution in [3.05, 3.63) is 280 Å². The first-order valence-corrected chi connectivity index (χ1v) is 30.8. The molecule has 4 aromatic heterocycles. The molecule has 12 rings (SSSR count). The van der Waals surface area contributed by atoms with Crippen LogP contribution in [0.2, 0.25) is 0 Å². The predicted octanol–water partition coefficient (Wildman–Crippen LogP) is 6.79. The number of carbonyl (C=O) groups excluding carboxylic acids is 6. The van der Waals surface area contributed by atoms with Crippen molar-refractivity contribution in [3.63, 3.8) is 0 Å². The van der Waals surface area contributed by atoms with Crippen LogP contribution in [0.15, 0.2) is 280 Å². The van der Waals surface area contributed by atoms with Gasteiger partial charge in [0.1, 0.15) is 71.1 Å². The van der Waals surface area contributed by atoms with Crippen LogP contribution in [0.4, 0.5) is 0 Å². The fraction of sp³-hybridized carbons (Fsp3) is 0.154. The summed E-state index contributed by atoms with van der Waals surface area (Å²) in [6.45, 7) is 8.60. The molecule has 22 nitrogen and oxygen atoms in total. The Balaban J connectivity index is 0.000000303. The van der Waals surface area contributed by atoms with Crippen LogP contribution in [0.25, 0.3) is 43.6 Å². The van der Waals surface area contributed by atoms with Gasteiger partial charge in [-0.05, 0) is 139 Å². The van der Waals surface area contributed by atoms with Crippen LogP contribution in [0, 0.1) is 75.5 Å². The van der Waals surface area contributed by atoms with Gasteiger partial charge in [0.25, 0.3) is 0 Å². The number of hydrogen-bond donors (Lipinski definition) is 0. The number of ether oxygens (including phenoxy) is 6. The minimum atomic E-state index is -1.21. The van der Waals surface area contributed by atoms with Gasteiger partial charge in [-0.25, -0.2) is 0 Å². The van der Waals surface area contributed by atoms with Crippen LogP contribution in [-0.2, 0) is 28.8 Å². The molecule has 6 atom stereocenters. The first kappa shape index (κ1) is 85.8. The van der Waals surface area contributed by atoms with Crippen molar-refractivity contribution in [1.29, 1.82) is 0 Å². The normalized spacial score (nSPS) is 11.5. The minimum Gasteiger partial charge on any atom is -0.546 e. The molecule has 12 aromatic rings. The summed E-state index contributed by atoms with van der Waals surface area (Å²) in [4.78, 5) is 79.0. The van der Waals surface area contributed by atoms with Crippen LogP contribution >= 0.6 is 0 Å². The van der Waals surface area contributed by atoms with Gasteiger partial charge in [-0.3, -0.25) is 19.9 Å². The molecule has 0 unspecified atom stereocenters. The standard InChI is InChI=1S/2C12H8N2.6C9H10O3.2Ho/c2*1-3-9-5-6-10-4-2-8-14-12(10)11(9)13-7-1;6*1-7(9(10)11)12-8-5-3-2-4-6-8;;/h2*1-8H;6*2-7H,1H3,(H,10,11);;/q;;;;;;;;2*+3/p-6/t;;6*7-;;/m..111000../s1. The molecule has 4 heterocycles. The first-order valence-electron chi connectivity index (χ1n) is 30.8. The van der Waals surface area contributed by atoms with Gasteiger partial charge in [0.2, 0.25) is 0 Å². The Hall–Kier alpha value is -10.5. The topological polar surface area (TPSA) is 348 Å². The summed E-state index contributed by atoms with van der Waals surface area (Å²) in [5, 5.41) is 66.2. The van der Waals surface area contributed by atoms with E-state index in [-0.39, 0.29) is 75.5 Å². The van der Waals surface area contributed by atoms with Crippen molar-refractivity contribution in [2.24, 2.45) is 0 Å². The molecule has 0 saturated carbocycles. The van der Waals surface area contributed by atoms with E-state index in [1.807, 2.05) is 60.7 Å². The van der Waals surface area contributed by atoms with Crippen molar-refractivity contribution in [2.45, 2.75) is 78.2 Å². The van der Waals surface area contributed by atoms with Crippen LogP contribution < -0.4 is 59.1 Å². The molecule has 102 heavy (non-hydrogen) atoms. The van der Waals surface area contributed by atoms with Crippen molar-refractivity contribution in [1.82, 2.24) is 19.9 Å². The van der Waals surface area contributed by atoms with Crippen LogP contribution in [0.1, 0.15) is 41.5 Å². The summed E-state index contributed by atoms with van der Waals surface area (Å²) < 4.78 is 30.1. The number of carbonyl (C=O) groups is 6. The Labute approximate surface area is 649 Å². The third-order valence-corrected chi connectivity index (χ3v) is 13.0. The zero-order valence-electron chi connectivity index (χ0n) is 55.8. The number of para-hydroxylation sites is 6. The molecule has 8 aromatic carbocycles. The summed E-state index contributed by atoms with van der Waals surface area (Å²) in [5.74, 6) is -4.04. The molecule has 0 bridgehead atoms. The average Bonchev–Trinajstić information content (AvgIpc) is 0.805. The van der Waals surface area contributed by atoms with Gasteiger partial charge in [-0.1, -0.05) is 158 Å². The summed E-state index contributed by atoms with van der Waals surface area (Å²) >= 11 is 0. The van der Waals surface area contributed by atoms with Gasteiger partial charge < -0.3 is 87.8 Å². The fourth-order valence-electron chi connectivity index (χ4n) is 7.87. The summed E-state index contributed by atoms with van der Waals surface area (Å²) in [6.07, 6.45) is 1.75. The average molecular weight is 1680 g/mol. The molecule has 0 amide bonds. The molecular formula is C78H70Ho2N4O18. The monoisotopic (exact) mass is 1680 g/mol. The largest absolute Gasteiger partial charge is 3.00 e. The van der Waals surface area contributed by atoms with Crippen molar-refractivity contribution in [2.75, 3.05) is 0 Å². The van der Waals surface area contributed by atoms with E-state index in [2.05, 4.69) is 68.5 Å². The van der Waals surface area contributed by atoms with Crippen molar-refractivity contribution in [3.8, 4) is 34.5 Å². The van der Waals surface area contributed by atoms with E-state index in [4.69, 9.17) is 28.4 Å². The summed E-state index contributed by atoms with van der Waals surface area (Å²) in [6, 6.07) is 76.9. The summed E-state index contributed by atoms with van der Waals surface area (Å²) in [7, 11) is 0. The number of carboxylic acid groups (broad SMARTS) is 6. The Kier molecular flexibility index (Phi) is 40.0. The maximum Gasteiger partial charge on any atom is 3.00 e. The van der Waals surface area contributed by atoms with E-state index in [0.29, 0.717) is 34.5 Å². The number of benzene rings is 8. The third kappa shape index (κ3) is 32.2. The predicted molar refractivity (Wildman–Crippen MR) is 363 cm³/mol. The van der Waals surface area contributed by atoms with Gasteiger partial charge in [0.05, 0.1) is 57.9 Å². The van der Waals surface area contributed by atoms with E-state index in [1.165, 1.54) is 41.5 Å². The van der Waals surface area contributed by atoms with E-state index < -0.39 is 72.4 Å². The Morgan fingerprint density at radius 3 is 0.490 bits per heavy atom. The maximum atomic E-state index is 10.3. The fourth-order valence-corrected chi connectivity index (χ4v) is 7.87. The molecule has 24 heteroatoms. The molecule has 532 valence electrons. The maximum absolute atomic E-state index is 10.3. The second kappa shape index (κ2) is 47.6. The number of rotatable bonds is 18. The number of fused-ring (bicyclic) bond motifs is 6. The molecule has 0 fully saturated rings. The molecule has 0 N–H and O–H groups in total. The number of aliphatic carboxylic acids is 6. The smallest absolute Gasteiger partial charge is 0.546 e. The number of aromatic nitrogens is 4. The Morgan fingerprint density at radius 2 is 0.363 bits per heavy atom. The molecular weight excluding hydrogens is 1610 g/mol. The number of nitrogens with zero attached hydrogens (tertiary/aromatic N) is 4. The third-order valence-electron chi connectivity index (χ3n) is 13.0. The SMILES string of the molecule is C[C@@H](Oc1ccccc1)C(=O)[O-].C[C@@H](Oc1ccccc1)C(=O)[O-].C[C@@H](Oc1ccccc1)C(=O)[O-].C[C@H](Oc1ccccc1)C(=O)[O-].C[C@H](Oc1ccccc1)C(=O)[O-].C[C@H](Oc1ccccc1)C(=O)[O-].[Ho+3].[Ho+3].c1cnc2c(c1)ccc1cccnc12.c1cnc2c(c1)ccc1cccnc12. The Morgan fingerprint density at radius 1 is 0.225 bits per heavy atom. The van der Waals surface area contributed by atoms with E-state index >= 15 is 0 Å². The second-order valence-corrected chi connectivity index (χ2v) is 20.8. The van der Waals surface area contributed by atoms with Gasteiger partial charge in [0.15, 0.2) is 0 Å². The van der Waals surface area contributed by atoms with Crippen LogP contribution in [-0.4, -0.2) is 92.4 Å². The van der Waals surface area contributed by atoms with Gasteiger partial charge in [-0.2, -0.15) is 0 Å². The summed E-state index contributed by atoms with van der Waals surface area (Å²) in [5.41, 5.74) is 3.91. The zero-order valence-corrected chi connectivity index (χ0v) is 59.6. The number of pyridine rings is 4. The van der Waals surface area contributed by atoms with Crippen molar-refractivity contribution < 1.29 is 163 Å². The molecule has 0 saturated heterocycles. The van der Waals surface area contributed by atoms with E-state index in [1.54, 1.807) is 170 Å². The molecule has 0 aliphatic heterocycles. The number of hydrogen-bond acceptors (Lipinski definition) is 22. The molecule has 0 spiro atoms.